The van der Waals surface area contributed by atoms with Gasteiger partial charge in [0, 0.05) is 6.54 Å². The monoisotopic (exact) mass is 508 g/mol. The molecular formula is C24H36N4O6S. The Labute approximate surface area is 210 Å². The number of carboxylic acids is 1. The zero-order valence-corrected chi connectivity index (χ0v) is 21.2. The Morgan fingerprint density at radius 3 is 2.37 bits per heavy atom. The Morgan fingerprint density at radius 2 is 1.80 bits per heavy atom. The third-order valence-corrected chi connectivity index (χ3v) is 6.67. The summed E-state index contributed by atoms with van der Waals surface area (Å²) in [6, 6.07) is 2.72. The summed E-state index contributed by atoms with van der Waals surface area (Å²) in [6.07, 6.45) is 3.42. The Bertz CT molecular complexity index is 895. The highest BCUT2D eigenvalue weighted by Gasteiger charge is 2.38. The normalized spacial score (nSPS) is 18.1. The first kappa shape index (κ1) is 28.4. The number of carbonyl (C=O) groups excluding carboxylic acids is 3. The summed E-state index contributed by atoms with van der Waals surface area (Å²) in [5.74, 6) is -2.08. The molecule has 1 aliphatic heterocycles. The molecule has 4 atom stereocenters. The lowest BCUT2D eigenvalue weighted by molar-refractivity contribution is -0.149. The van der Waals surface area contributed by atoms with Gasteiger partial charge in [0.15, 0.2) is 0 Å². The number of benzene rings is 1. The van der Waals surface area contributed by atoms with Crippen molar-refractivity contribution in [3.8, 4) is 5.75 Å². The zero-order chi connectivity index (χ0) is 26.1. The average molecular weight is 509 g/mol. The molecule has 1 aromatic carbocycles. The molecule has 6 N–H and O–H groups in total. The first-order valence-corrected chi connectivity index (χ1v) is 13.1. The van der Waals surface area contributed by atoms with Gasteiger partial charge in [0.05, 0.1) is 6.04 Å². The maximum Gasteiger partial charge on any atom is 0.326 e. The van der Waals surface area contributed by atoms with E-state index in [1.54, 1.807) is 26.0 Å². The molecule has 1 heterocycles. The first-order valence-electron chi connectivity index (χ1n) is 11.7. The van der Waals surface area contributed by atoms with Gasteiger partial charge >= 0.3 is 5.97 Å². The van der Waals surface area contributed by atoms with Crippen LogP contribution in [0.2, 0.25) is 0 Å². The first-order chi connectivity index (χ1) is 16.5. The largest absolute Gasteiger partial charge is 0.508 e. The van der Waals surface area contributed by atoms with Gasteiger partial charge in [-0.2, -0.15) is 11.8 Å². The van der Waals surface area contributed by atoms with Gasteiger partial charge < -0.3 is 31.5 Å². The molecular weight excluding hydrogens is 472 g/mol. The molecule has 0 spiro atoms. The smallest absolute Gasteiger partial charge is 0.326 e. The number of nitrogens with two attached hydrogens (primary N) is 1. The van der Waals surface area contributed by atoms with Crippen LogP contribution in [0, 0.1) is 5.92 Å². The van der Waals surface area contributed by atoms with Crippen LogP contribution in [0.5, 0.6) is 5.75 Å². The topological polar surface area (TPSA) is 162 Å². The third kappa shape index (κ3) is 8.14. The van der Waals surface area contributed by atoms with Crippen LogP contribution < -0.4 is 16.4 Å². The second kappa shape index (κ2) is 13.3. The average Bonchev–Trinajstić information content (AvgIpc) is 3.31. The molecule has 194 valence electrons. The molecule has 4 unspecified atom stereocenters. The fraction of sp³-hybridized carbons (Fsp3) is 0.583. The number of aromatic hydroxyl groups is 1. The van der Waals surface area contributed by atoms with E-state index in [2.05, 4.69) is 10.6 Å². The lowest BCUT2D eigenvalue weighted by atomic mass is 10.0. The molecule has 0 radical (unpaired) electrons. The minimum absolute atomic E-state index is 0.109. The van der Waals surface area contributed by atoms with Gasteiger partial charge in [-0.25, -0.2) is 4.79 Å². The number of hydrogen-bond acceptors (Lipinski definition) is 7. The number of likely N-dealkylation sites (tertiary alicyclic amines) is 1. The van der Waals surface area contributed by atoms with E-state index in [-0.39, 0.29) is 18.1 Å². The van der Waals surface area contributed by atoms with Crippen LogP contribution in [0.25, 0.3) is 0 Å². The second-order valence-electron chi connectivity index (χ2n) is 9.08. The number of nitrogens with zero attached hydrogens (tertiary/aromatic N) is 1. The summed E-state index contributed by atoms with van der Waals surface area (Å²) in [5, 5.41) is 24.3. The number of aliphatic carboxylic acids is 1. The molecule has 0 aliphatic carbocycles. The molecule has 0 bridgehead atoms. The van der Waals surface area contributed by atoms with Crippen molar-refractivity contribution in [2.75, 3.05) is 18.6 Å². The predicted molar refractivity (Wildman–Crippen MR) is 134 cm³/mol. The van der Waals surface area contributed by atoms with Crippen LogP contribution in [0.3, 0.4) is 0 Å². The standard InChI is InChI=1S/C24H36N4O6S/c1-14(2)20(27-21(30)17(25)13-15-6-8-16(29)9-7-15)22(31)26-18(10-12-35-3)23(32)28-11-4-5-19(28)24(33)34/h6-9,14,17-20,29H,4-5,10-13,25H2,1-3H3,(H,26,31)(H,27,30)(H,33,34). The summed E-state index contributed by atoms with van der Waals surface area (Å²) in [6.45, 7) is 3.88. The number of rotatable bonds is 12. The number of carbonyl (C=O) groups is 4. The van der Waals surface area contributed by atoms with Crippen molar-refractivity contribution in [3.05, 3.63) is 29.8 Å². The summed E-state index contributed by atoms with van der Waals surface area (Å²) in [5.41, 5.74) is 6.81. The molecule has 3 amide bonds. The van der Waals surface area contributed by atoms with E-state index in [9.17, 15) is 29.4 Å². The highest BCUT2D eigenvalue weighted by molar-refractivity contribution is 7.98. The maximum atomic E-state index is 13.2. The number of phenols is 1. The number of thioether (sulfide) groups is 1. The van der Waals surface area contributed by atoms with E-state index >= 15 is 0 Å². The SMILES string of the molecule is CSCCC(NC(=O)C(NC(=O)C(N)Cc1ccc(O)cc1)C(C)C)C(=O)N1CCCC1C(=O)O. The van der Waals surface area contributed by atoms with Crippen LogP contribution in [-0.2, 0) is 25.6 Å². The molecule has 1 saturated heterocycles. The lowest BCUT2D eigenvalue weighted by Crippen LogP contribution is -2.58. The Kier molecular flexibility index (Phi) is 10.8. The third-order valence-electron chi connectivity index (χ3n) is 6.02. The van der Waals surface area contributed by atoms with Gasteiger partial charge in [0.25, 0.3) is 0 Å². The molecule has 1 fully saturated rings. The van der Waals surface area contributed by atoms with Gasteiger partial charge in [-0.15, -0.1) is 0 Å². The summed E-state index contributed by atoms with van der Waals surface area (Å²) in [4.78, 5) is 51.9. The number of nitrogens with one attached hydrogen (secondary N) is 2. The molecule has 1 aliphatic rings. The summed E-state index contributed by atoms with van der Waals surface area (Å²) >= 11 is 1.51. The van der Waals surface area contributed by atoms with Gasteiger partial charge in [-0.3, -0.25) is 14.4 Å². The van der Waals surface area contributed by atoms with Crippen LogP contribution in [0.1, 0.15) is 38.7 Å². The van der Waals surface area contributed by atoms with Gasteiger partial charge in [-0.1, -0.05) is 26.0 Å². The summed E-state index contributed by atoms with van der Waals surface area (Å²) < 4.78 is 0. The van der Waals surface area contributed by atoms with Gasteiger partial charge in [0.1, 0.15) is 23.9 Å². The minimum Gasteiger partial charge on any atom is -0.508 e. The molecule has 0 saturated carbocycles. The number of carboxylic acid groups (broad SMARTS) is 1. The van der Waals surface area contributed by atoms with Gasteiger partial charge in [-0.05, 0) is 61.3 Å². The number of phenolic OH excluding ortho intramolecular Hbond substituents is 1. The number of amides is 3. The highest BCUT2D eigenvalue weighted by atomic mass is 32.2. The molecule has 0 aromatic heterocycles. The van der Waals surface area contributed by atoms with Crippen LogP contribution in [0.15, 0.2) is 24.3 Å². The van der Waals surface area contributed by atoms with E-state index in [1.807, 2.05) is 6.26 Å². The lowest BCUT2D eigenvalue weighted by Gasteiger charge is -2.30. The van der Waals surface area contributed by atoms with E-state index in [4.69, 9.17) is 5.73 Å². The van der Waals surface area contributed by atoms with Crippen molar-refractivity contribution in [1.82, 2.24) is 15.5 Å². The Hall–Kier alpha value is -2.79. The Balaban J connectivity index is 2.08. The van der Waals surface area contributed by atoms with E-state index in [0.29, 0.717) is 31.6 Å². The molecule has 11 heteroatoms. The van der Waals surface area contributed by atoms with Crippen LogP contribution in [-0.4, -0.2) is 81.5 Å². The van der Waals surface area contributed by atoms with Crippen molar-refractivity contribution >= 4 is 35.5 Å². The van der Waals surface area contributed by atoms with Crippen molar-refractivity contribution in [2.24, 2.45) is 11.7 Å². The number of hydrogen-bond donors (Lipinski definition) is 5. The van der Waals surface area contributed by atoms with Crippen molar-refractivity contribution in [1.29, 1.82) is 0 Å². The summed E-state index contributed by atoms with van der Waals surface area (Å²) in [7, 11) is 0. The van der Waals surface area contributed by atoms with Crippen molar-refractivity contribution in [3.63, 3.8) is 0 Å². The van der Waals surface area contributed by atoms with Crippen molar-refractivity contribution < 1.29 is 29.4 Å². The highest BCUT2D eigenvalue weighted by Crippen LogP contribution is 2.20. The fourth-order valence-corrected chi connectivity index (χ4v) is 4.49. The molecule has 10 nitrogen and oxygen atoms in total. The van der Waals surface area contributed by atoms with E-state index in [1.165, 1.54) is 28.8 Å². The maximum absolute atomic E-state index is 13.2. The Morgan fingerprint density at radius 1 is 1.14 bits per heavy atom. The fourth-order valence-electron chi connectivity index (χ4n) is 4.02. The second-order valence-corrected chi connectivity index (χ2v) is 10.1. The van der Waals surface area contributed by atoms with Crippen LogP contribution >= 0.6 is 11.8 Å². The van der Waals surface area contributed by atoms with E-state index in [0.717, 1.165) is 5.56 Å². The predicted octanol–water partition coefficient (Wildman–Crippen LogP) is 0.716. The van der Waals surface area contributed by atoms with Crippen molar-refractivity contribution in [2.45, 2.75) is 63.7 Å². The zero-order valence-electron chi connectivity index (χ0n) is 20.4. The minimum atomic E-state index is -1.05. The van der Waals surface area contributed by atoms with Gasteiger partial charge in [0.2, 0.25) is 17.7 Å². The molecule has 1 aromatic rings. The van der Waals surface area contributed by atoms with E-state index < -0.39 is 47.9 Å². The molecule has 2 rings (SSSR count). The molecule has 35 heavy (non-hydrogen) atoms. The quantitative estimate of drug-likeness (QED) is 0.276. The van der Waals surface area contributed by atoms with Crippen LogP contribution in [0.4, 0.5) is 0 Å².